The topological polar surface area (TPSA) is 92.3 Å². The molecule has 1 atom stereocenters. The number of nitrogens with zero attached hydrogens (tertiary/aromatic N) is 4. The molecule has 0 saturated heterocycles. The molecule has 0 spiro atoms. The third kappa shape index (κ3) is 5.56. The quantitative estimate of drug-likeness (QED) is 0.183. The van der Waals surface area contributed by atoms with Crippen molar-refractivity contribution in [2.45, 2.75) is 17.3 Å². The van der Waals surface area contributed by atoms with E-state index < -0.39 is 5.25 Å². The standard InChI is InChI=1S/C21H21ClN4O4S/c1-4-11-30-19-10-5-15(12-18(19)22)20(13-25(27)28)31-21-24-23-14(2)26(21)16-6-8-17(29-3)9-7-16/h4-10,12,20H,1,11,13H2,2-3H3/t20-/m1/s1. The first-order valence-electron chi connectivity index (χ1n) is 9.31. The first-order chi connectivity index (χ1) is 14.9. The number of aromatic nitrogens is 3. The number of thioether (sulfide) groups is 1. The third-order valence-electron chi connectivity index (χ3n) is 4.37. The Morgan fingerprint density at radius 1 is 1.29 bits per heavy atom. The predicted octanol–water partition coefficient (Wildman–Crippen LogP) is 4.91. The molecule has 0 bridgehead atoms. The largest absolute Gasteiger partial charge is 0.497 e. The number of hydrogen-bond donors (Lipinski definition) is 0. The minimum absolute atomic E-state index is 0.303. The fourth-order valence-electron chi connectivity index (χ4n) is 2.90. The molecule has 0 fully saturated rings. The average molecular weight is 461 g/mol. The van der Waals surface area contributed by atoms with Crippen molar-refractivity contribution in [1.82, 2.24) is 14.8 Å². The Balaban J connectivity index is 1.92. The molecule has 31 heavy (non-hydrogen) atoms. The van der Waals surface area contributed by atoms with Crippen LogP contribution in [0.2, 0.25) is 5.02 Å². The third-order valence-corrected chi connectivity index (χ3v) is 5.85. The summed E-state index contributed by atoms with van der Waals surface area (Å²) in [6.07, 6.45) is 1.62. The minimum atomic E-state index is -0.526. The van der Waals surface area contributed by atoms with E-state index in [-0.39, 0.29) is 11.5 Å². The highest BCUT2D eigenvalue weighted by Gasteiger charge is 2.24. The first-order valence-corrected chi connectivity index (χ1v) is 10.6. The SMILES string of the molecule is C=CCOc1ccc([C@@H](C[N+](=O)[O-])Sc2nnc(C)n2-c2ccc(OC)cc2)cc1Cl. The molecule has 0 aliphatic rings. The highest BCUT2D eigenvalue weighted by molar-refractivity contribution is 7.99. The summed E-state index contributed by atoms with van der Waals surface area (Å²) in [6, 6.07) is 12.6. The number of ether oxygens (including phenoxy) is 2. The van der Waals surface area contributed by atoms with Gasteiger partial charge in [-0.25, -0.2) is 0 Å². The van der Waals surface area contributed by atoms with Gasteiger partial charge >= 0.3 is 0 Å². The van der Waals surface area contributed by atoms with Crippen LogP contribution in [-0.2, 0) is 0 Å². The lowest BCUT2D eigenvalue weighted by atomic mass is 10.1. The number of hydrogen-bond acceptors (Lipinski definition) is 7. The van der Waals surface area contributed by atoms with E-state index >= 15 is 0 Å². The lowest BCUT2D eigenvalue weighted by Gasteiger charge is -2.16. The van der Waals surface area contributed by atoms with E-state index in [0.717, 1.165) is 11.4 Å². The van der Waals surface area contributed by atoms with E-state index in [2.05, 4.69) is 16.8 Å². The number of rotatable bonds is 10. The van der Waals surface area contributed by atoms with Gasteiger partial charge in [-0.15, -0.1) is 10.2 Å². The molecule has 2 aromatic carbocycles. The second-order valence-corrected chi connectivity index (χ2v) is 8.05. The number of halogens is 1. The molecular weight excluding hydrogens is 440 g/mol. The number of nitro groups is 1. The second kappa shape index (κ2) is 10.3. The zero-order valence-electron chi connectivity index (χ0n) is 17.0. The lowest BCUT2D eigenvalue weighted by Crippen LogP contribution is -2.11. The monoisotopic (exact) mass is 460 g/mol. The molecule has 0 amide bonds. The summed E-state index contributed by atoms with van der Waals surface area (Å²) in [7, 11) is 1.60. The molecule has 0 radical (unpaired) electrons. The molecule has 3 rings (SSSR count). The van der Waals surface area contributed by atoms with Crippen LogP contribution in [0.5, 0.6) is 11.5 Å². The van der Waals surface area contributed by atoms with Crippen LogP contribution in [0, 0.1) is 17.0 Å². The number of aryl methyl sites for hydroxylation is 1. The summed E-state index contributed by atoms with van der Waals surface area (Å²) in [6.45, 7) is 5.45. The van der Waals surface area contributed by atoms with Gasteiger partial charge < -0.3 is 9.47 Å². The maximum absolute atomic E-state index is 11.4. The van der Waals surface area contributed by atoms with Crippen LogP contribution in [0.25, 0.3) is 5.69 Å². The molecule has 3 aromatic rings. The zero-order valence-corrected chi connectivity index (χ0v) is 18.6. The average Bonchev–Trinajstić information content (AvgIpc) is 3.12. The maximum atomic E-state index is 11.4. The van der Waals surface area contributed by atoms with Crippen molar-refractivity contribution in [2.24, 2.45) is 0 Å². The zero-order chi connectivity index (χ0) is 22.4. The van der Waals surface area contributed by atoms with Gasteiger partial charge in [0.25, 0.3) is 0 Å². The number of methoxy groups -OCH3 is 1. The normalized spacial score (nSPS) is 11.7. The van der Waals surface area contributed by atoms with E-state index in [9.17, 15) is 10.1 Å². The van der Waals surface area contributed by atoms with Crippen LogP contribution in [0.1, 0.15) is 16.6 Å². The van der Waals surface area contributed by atoms with E-state index in [0.29, 0.717) is 33.9 Å². The summed E-state index contributed by atoms with van der Waals surface area (Å²) < 4.78 is 12.5. The first kappa shape index (κ1) is 22.6. The summed E-state index contributed by atoms with van der Waals surface area (Å²) >= 11 is 7.58. The van der Waals surface area contributed by atoms with Crippen LogP contribution in [-0.4, -0.2) is 39.9 Å². The highest BCUT2D eigenvalue weighted by atomic mass is 35.5. The summed E-state index contributed by atoms with van der Waals surface area (Å²) in [5, 5.41) is 20.2. The Morgan fingerprint density at radius 3 is 2.65 bits per heavy atom. The van der Waals surface area contributed by atoms with Crippen LogP contribution in [0.4, 0.5) is 0 Å². The summed E-state index contributed by atoms with van der Waals surface area (Å²) in [5.41, 5.74) is 1.52. The lowest BCUT2D eigenvalue weighted by molar-refractivity contribution is -0.479. The summed E-state index contributed by atoms with van der Waals surface area (Å²) in [4.78, 5) is 11.0. The molecule has 8 nitrogen and oxygen atoms in total. The van der Waals surface area contributed by atoms with Gasteiger partial charge in [-0.05, 0) is 48.9 Å². The van der Waals surface area contributed by atoms with Crippen LogP contribution >= 0.6 is 23.4 Å². The van der Waals surface area contributed by atoms with Crippen molar-refractivity contribution >= 4 is 23.4 Å². The predicted molar refractivity (Wildman–Crippen MR) is 120 cm³/mol. The van der Waals surface area contributed by atoms with Crippen molar-refractivity contribution in [3.05, 3.63) is 81.6 Å². The molecule has 1 aromatic heterocycles. The van der Waals surface area contributed by atoms with Gasteiger partial charge in [0.15, 0.2) is 5.16 Å². The minimum Gasteiger partial charge on any atom is -0.497 e. The second-order valence-electron chi connectivity index (χ2n) is 6.47. The van der Waals surface area contributed by atoms with Crippen molar-refractivity contribution in [3.8, 4) is 17.2 Å². The molecule has 162 valence electrons. The van der Waals surface area contributed by atoms with E-state index in [1.807, 2.05) is 35.8 Å². The van der Waals surface area contributed by atoms with Crippen molar-refractivity contribution < 1.29 is 14.4 Å². The van der Waals surface area contributed by atoms with Gasteiger partial charge in [0.05, 0.1) is 12.1 Å². The highest BCUT2D eigenvalue weighted by Crippen LogP contribution is 2.38. The Labute approximate surface area is 189 Å². The van der Waals surface area contributed by atoms with Gasteiger partial charge in [0.1, 0.15) is 29.2 Å². The Kier molecular flexibility index (Phi) is 7.54. The maximum Gasteiger partial charge on any atom is 0.220 e. The van der Waals surface area contributed by atoms with Gasteiger partial charge in [0.2, 0.25) is 6.54 Å². The van der Waals surface area contributed by atoms with Gasteiger partial charge in [-0.2, -0.15) is 0 Å². The molecule has 0 N–H and O–H groups in total. The van der Waals surface area contributed by atoms with Crippen LogP contribution < -0.4 is 9.47 Å². The van der Waals surface area contributed by atoms with E-state index in [4.69, 9.17) is 21.1 Å². The molecule has 1 heterocycles. The van der Waals surface area contributed by atoms with Crippen LogP contribution in [0.3, 0.4) is 0 Å². The smallest absolute Gasteiger partial charge is 0.220 e. The molecular formula is C21H21ClN4O4S. The van der Waals surface area contributed by atoms with Gasteiger partial charge in [-0.1, -0.05) is 42.1 Å². The number of benzene rings is 2. The van der Waals surface area contributed by atoms with Gasteiger partial charge in [0, 0.05) is 10.6 Å². The molecule has 0 unspecified atom stereocenters. The Hall–Kier alpha value is -3.04. The Bertz CT molecular complexity index is 1070. The van der Waals surface area contributed by atoms with Crippen molar-refractivity contribution in [2.75, 3.05) is 20.3 Å². The van der Waals surface area contributed by atoms with Crippen LogP contribution in [0.15, 0.2) is 60.3 Å². The fourth-order valence-corrected chi connectivity index (χ4v) is 4.31. The van der Waals surface area contributed by atoms with Crippen molar-refractivity contribution in [1.29, 1.82) is 0 Å². The van der Waals surface area contributed by atoms with E-state index in [1.54, 1.807) is 31.4 Å². The molecule has 10 heteroatoms. The van der Waals surface area contributed by atoms with Gasteiger partial charge in [-0.3, -0.25) is 14.7 Å². The molecule has 0 aliphatic carbocycles. The van der Waals surface area contributed by atoms with Crippen molar-refractivity contribution in [3.63, 3.8) is 0 Å². The molecule has 0 saturated carbocycles. The Morgan fingerprint density at radius 2 is 2.03 bits per heavy atom. The summed E-state index contributed by atoms with van der Waals surface area (Å²) in [5.74, 6) is 1.88. The van der Waals surface area contributed by atoms with E-state index in [1.165, 1.54) is 11.8 Å². The molecule has 0 aliphatic heterocycles. The fraction of sp³-hybridized carbons (Fsp3) is 0.238.